The summed E-state index contributed by atoms with van der Waals surface area (Å²) < 4.78 is 0. The first-order valence-electron chi connectivity index (χ1n) is 11.3. The fourth-order valence-corrected chi connectivity index (χ4v) is 5.04. The van der Waals surface area contributed by atoms with Crippen LogP contribution in [0.25, 0.3) is 0 Å². The number of hydrogen-bond acceptors (Lipinski definition) is 8. The quantitative estimate of drug-likeness (QED) is 0.472. The van der Waals surface area contributed by atoms with E-state index in [1.807, 2.05) is 11.8 Å². The molecule has 10 heteroatoms. The molecule has 180 valence electrons. The number of thioether (sulfide) groups is 1. The molecule has 1 aromatic heterocycles. The van der Waals surface area contributed by atoms with Crippen LogP contribution in [0.5, 0.6) is 0 Å². The lowest BCUT2D eigenvalue weighted by Crippen LogP contribution is -2.49. The van der Waals surface area contributed by atoms with Gasteiger partial charge in [0.1, 0.15) is 28.2 Å². The zero-order chi connectivity index (χ0) is 25.5. The van der Waals surface area contributed by atoms with Crippen molar-refractivity contribution >= 4 is 29.4 Å². The summed E-state index contributed by atoms with van der Waals surface area (Å²) in [7, 11) is 0. The highest BCUT2D eigenvalue weighted by Crippen LogP contribution is 2.39. The molecular formula is C25H27N7O2S. The molecule has 1 aromatic carbocycles. The highest BCUT2D eigenvalue weighted by molar-refractivity contribution is 8.00. The summed E-state index contributed by atoms with van der Waals surface area (Å²) in [4.78, 5) is 31.0. The molecule has 2 heterocycles. The number of anilines is 1. The molecule has 9 nitrogen and oxygen atoms in total. The van der Waals surface area contributed by atoms with Gasteiger partial charge in [0.25, 0.3) is 0 Å². The van der Waals surface area contributed by atoms with Crippen LogP contribution in [0.3, 0.4) is 0 Å². The van der Waals surface area contributed by atoms with E-state index >= 15 is 0 Å². The van der Waals surface area contributed by atoms with E-state index in [-0.39, 0.29) is 17.5 Å². The van der Waals surface area contributed by atoms with Crippen LogP contribution in [0, 0.1) is 34.8 Å². The van der Waals surface area contributed by atoms with Gasteiger partial charge in [-0.15, -0.1) is 0 Å². The van der Waals surface area contributed by atoms with Crippen molar-refractivity contribution in [2.24, 2.45) is 11.5 Å². The Bertz CT molecular complexity index is 1160. The number of aromatic nitrogens is 1. The maximum Gasteiger partial charge on any atom is 0.236 e. The summed E-state index contributed by atoms with van der Waals surface area (Å²) in [6.07, 6.45) is 1.77. The molecule has 3 rings (SSSR count). The van der Waals surface area contributed by atoms with Gasteiger partial charge in [-0.25, -0.2) is 4.98 Å². The van der Waals surface area contributed by atoms with E-state index in [9.17, 15) is 20.1 Å². The highest BCUT2D eigenvalue weighted by Gasteiger charge is 2.29. The largest absolute Gasteiger partial charge is 0.368 e. The molecule has 2 unspecified atom stereocenters. The Morgan fingerprint density at radius 2 is 1.97 bits per heavy atom. The molecule has 35 heavy (non-hydrogen) atoms. The molecular weight excluding hydrogens is 462 g/mol. The van der Waals surface area contributed by atoms with Crippen molar-refractivity contribution < 1.29 is 9.59 Å². The minimum atomic E-state index is -0.787. The minimum absolute atomic E-state index is 0.0152. The third kappa shape index (κ3) is 5.84. The Kier molecular flexibility index (Phi) is 8.54. The number of piperidine rings is 1. The molecule has 2 atom stereocenters. The molecule has 1 fully saturated rings. The summed E-state index contributed by atoms with van der Waals surface area (Å²) in [5.74, 6) is -0.299. The van der Waals surface area contributed by atoms with Crippen LogP contribution in [0.1, 0.15) is 54.2 Å². The van der Waals surface area contributed by atoms with Gasteiger partial charge in [-0.3, -0.25) is 9.59 Å². The fraction of sp³-hybridized carbons (Fsp3) is 0.400. The second-order valence-electron chi connectivity index (χ2n) is 8.27. The minimum Gasteiger partial charge on any atom is -0.368 e. The van der Waals surface area contributed by atoms with Crippen LogP contribution in [0.15, 0.2) is 23.2 Å². The Morgan fingerprint density at radius 1 is 1.29 bits per heavy atom. The van der Waals surface area contributed by atoms with Crippen molar-refractivity contribution in [1.29, 1.82) is 10.5 Å². The monoisotopic (exact) mass is 489 g/mol. The van der Waals surface area contributed by atoms with Crippen LogP contribution < -0.4 is 21.7 Å². The topological polar surface area (TPSA) is 162 Å². The molecule has 0 bridgehead atoms. The summed E-state index contributed by atoms with van der Waals surface area (Å²) in [6, 6.07) is 14.4. The van der Waals surface area contributed by atoms with E-state index in [1.165, 1.54) is 0 Å². The van der Waals surface area contributed by atoms with Crippen molar-refractivity contribution in [2.75, 3.05) is 18.0 Å². The average Bonchev–Trinajstić information content (AvgIpc) is 2.86. The Morgan fingerprint density at radius 3 is 2.49 bits per heavy atom. The Balaban J connectivity index is 1.97. The summed E-state index contributed by atoms with van der Waals surface area (Å²) in [6.45, 7) is 4.64. The third-order valence-electron chi connectivity index (χ3n) is 5.85. The van der Waals surface area contributed by atoms with Gasteiger partial charge in [0, 0.05) is 19.1 Å². The van der Waals surface area contributed by atoms with Gasteiger partial charge >= 0.3 is 0 Å². The lowest BCUT2D eigenvalue weighted by atomic mass is 9.99. The number of amides is 2. The SMILES string of the molecule is CCc1c(C#N)c(SC(C(N)=O)c2cc#ccc2)nc(N2CCC(NC(=O)C(C)N)CC2)c1C#N. The molecule has 2 amide bonds. The fourth-order valence-electron chi connectivity index (χ4n) is 3.99. The van der Waals surface area contributed by atoms with Crippen molar-refractivity contribution in [1.82, 2.24) is 10.3 Å². The van der Waals surface area contributed by atoms with E-state index in [4.69, 9.17) is 16.5 Å². The van der Waals surface area contributed by atoms with Gasteiger partial charge in [-0.1, -0.05) is 30.8 Å². The molecule has 1 aliphatic rings. The van der Waals surface area contributed by atoms with Gasteiger partial charge in [0.15, 0.2) is 0 Å². The second kappa shape index (κ2) is 11.6. The van der Waals surface area contributed by atoms with Crippen molar-refractivity contribution in [3.8, 4) is 12.1 Å². The van der Waals surface area contributed by atoms with E-state index in [0.717, 1.165) is 11.8 Å². The van der Waals surface area contributed by atoms with Crippen LogP contribution >= 0.6 is 11.8 Å². The van der Waals surface area contributed by atoms with Gasteiger partial charge < -0.3 is 21.7 Å². The molecule has 0 radical (unpaired) electrons. The van der Waals surface area contributed by atoms with Crippen molar-refractivity contribution in [2.45, 2.75) is 55.5 Å². The molecule has 1 aliphatic heterocycles. The average molecular weight is 490 g/mol. The van der Waals surface area contributed by atoms with E-state index < -0.39 is 17.2 Å². The highest BCUT2D eigenvalue weighted by atomic mass is 32.2. The third-order valence-corrected chi connectivity index (χ3v) is 7.11. The summed E-state index contributed by atoms with van der Waals surface area (Å²) in [5, 5.41) is 22.4. The predicted molar refractivity (Wildman–Crippen MR) is 132 cm³/mol. The number of pyridine rings is 1. The lowest BCUT2D eigenvalue weighted by Gasteiger charge is -2.34. The molecule has 0 spiro atoms. The molecule has 0 aliphatic carbocycles. The number of carbonyl (C=O) groups excluding carboxylic acids is 2. The smallest absolute Gasteiger partial charge is 0.236 e. The van der Waals surface area contributed by atoms with E-state index in [1.54, 1.807) is 25.1 Å². The van der Waals surface area contributed by atoms with Gasteiger partial charge in [-0.2, -0.15) is 10.5 Å². The first kappa shape index (κ1) is 25.8. The maximum atomic E-state index is 12.3. The predicted octanol–water partition coefficient (Wildman–Crippen LogP) is 1.74. The van der Waals surface area contributed by atoms with Crippen molar-refractivity contribution in [3.63, 3.8) is 0 Å². The lowest BCUT2D eigenvalue weighted by molar-refractivity contribution is -0.122. The van der Waals surface area contributed by atoms with E-state index in [0.29, 0.717) is 59.9 Å². The number of nitrogens with one attached hydrogen (secondary N) is 1. The van der Waals surface area contributed by atoms with Gasteiger partial charge in [-0.05, 0) is 55.5 Å². The number of nitriles is 2. The molecule has 0 saturated carbocycles. The Labute approximate surface area is 209 Å². The number of nitrogens with two attached hydrogens (primary N) is 2. The first-order chi connectivity index (χ1) is 16.8. The summed E-state index contributed by atoms with van der Waals surface area (Å²) in [5.41, 5.74) is 13.2. The zero-order valence-electron chi connectivity index (χ0n) is 19.7. The van der Waals surface area contributed by atoms with Crippen molar-refractivity contribution in [3.05, 3.63) is 52.6 Å². The number of primary amides is 1. The van der Waals surface area contributed by atoms with Crippen LogP contribution in [-0.2, 0) is 16.0 Å². The van der Waals surface area contributed by atoms with Gasteiger partial charge in [0.05, 0.1) is 17.2 Å². The molecule has 2 aromatic rings. The zero-order valence-corrected chi connectivity index (χ0v) is 20.5. The van der Waals surface area contributed by atoms with Crippen LogP contribution in [-0.4, -0.2) is 42.0 Å². The molecule has 5 N–H and O–H groups in total. The van der Waals surface area contributed by atoms with Crippen LogP contribution in [0.4, 0.5) is 5.82 Å². The maximum absolute atomic E-state index is 12.3. The second-order valence-corrected chi connectivity index (χ2v) is 9.37. The number of hydrogen-bond donors (Lipinski definition) is 3. The van der Waals surface area contributed by atoms with Crippen LogP contribution in [0.2, 0.25) is 0 Å². The number of nitrogens with zero attached hydrogens (tertiary/aromatic N) is 4. The van der Waals surface area contributed by atoms with E-state index in [2.05, 4.69) is 29.6 Å². The Hall–Kier alpha value is -3.78. The summed E-state index contributed by atoms with van der Waals surface area (Å²) >= 11 is 1.09. The van der Waals surface area contributed by atoms with Gasteiger partial charge in [0.2, 0.25) is 11.8 Å². The number of carbonyl (C=O) groups is 2. The first-order valence-corrected chi connectivity index (χ1v) is 12.2. The normalized spacial score (nSPS) is 15.3. The molecule has 1 saturated heterocycles. The number of rotatable bonds is 8. The standard InChI is InChI=1S/C25H27N7O2S/c1-3-18-19(13-26)23(32-11-9-17(10-12-32)30-24(34)15(2)28)31-25(20(18)14-27)35-21(22(29)33)16-7-5-4-6-8-16/h5,7-8,15,17,21H,3,9-12,28H2,1-2H3,(H2,29,33)(H,30,34).